The van der Waals surface area contributed by atoms with Crippen molar-refractivity contribution in [3.05, 3.63) is 65.2 Å². The van der Waals surface area contributed by atoms with E-state index in [1.807, 2.05) is 37.3 Å². The van der Waals surface area contributed by atoms with Gasteiger partial charge >= 0.3 is 0 Å². The molecule has 3 rings (SSSR count). The largest absolute Gasteiger partial charge is 0.481 e. The number of hydrogen-bond donors (Lipinski definition) is 1. The van der Waals surface area contributed by atoms with Crippen molar-refractivity contribution < 1.29 is 14.3 Å². The first-order valence-electron chi connectivity index (χ1n) is 10.6. The van der Waals surface area contributed by atoms with Gasteiger partial charge in [-0.05, 0) is 41.7 Å². The van der Waals surface area contributed by atoms with Crippen LogP contribution >= 0.6 is 0 Å². The fraction of sp³-hybridized carbons (Fsp3) is 0.458. The molecule has 1 aliphatic rings. The second kappa shape index (κ2) is 11.0. The third kappa shape index (κ3) is 6.58. The van der Waals surface area contributed by atoms with Gasteiger partial charge in [-0.1, -0.05) is 50.2 Å². The number of nitrogens with one attached hydrogen (secondary N) is 1. The maximum absolute atomic E-state index is 12.6. The van der Waals surface area contributed by atoms with Gasteiger partial charge in [0, 0.05) is 26.2 Å². The summed E-state index contributed by atoms with van der Waals surface area (Å²) in [6, 6.07) is 16.4. The molecule has 2 aromatic carbocycles. The second-order valence-corrected chi connectivity index (χ2v) is 7.44. The van der Waals surface area contributed by atoms with Crippen LogP contribution in [0.4, 0.5) is 0 Å². The highest BCUT2D eigenvalue weighted by molar-refractivity contribution is 5.81. The van der Waals surface area contributed by atoms with Crippen LogP contribution in [-0.2, 0) is 29.0 Å². The number of amides is 1. The average Bonchev–Trinajstić information content (AvgIpc) is 2.77. The summed E-state index contributed by atoms with van der Waals surface area (Å²) in [7, 11) is 0. The van der Waals surface area contributed by atoms with Crippen LogP contribution < -0.4 is 10.1 Å². The lowest BCUT2D eigenvalue weighted by molar-refractivity contribution is -0.128. The van der Waals surface area contributed by atoms with E-state index in [4.69, 9.17) is 9.47 Å². The van der Waals surface area contributed by atoms with E-state index in [9.17, 15) is 4.79 Å². The monoisotopic (exact) mass is 396 g/mol. The Balaban J connectivity index is 1.52. The van der Waals surface area contributed by atoms with E-state index in [0.29, 0.717) is 13.0 Å². The van der Waals surface area contributed by atoms with Gasteiger partial charge in [0.05, 0.1) is 13.2 Å². The maximum atomic E-state index is 12.6. The number of nitrogens with zero attached hydrogens (tertiary/aromatic N) is 1. The molecule has 5 heteroatoms. The van der Waals surface area contributed by atoms with Gasteiger partial charge in [0.25, 0.3) is 5.91 Å². The summed E-state index contributed by atoms with van der Waals surface area (Å²) in [5.74, 6) is 0.655. The van der Waals surface area contributed by atoms with Crippen molar-refractivity contribution in [1.29, 1.82) is 0 Å². The SMILES string of the molecule is CCc1ccc(O[C@H](CC)C(=O)NCc2cccc(CN3CCOCC3)c2)cc1. The molecule has 2 aromatic rings. The lowest BCUT2D eigenvalue weighted by Crippen LogP contribution is -2.37. The van der Waals surface area contributed by atoms with Gasteiger partial charge < -0.3 is 14.8 Å². The van der Waals surface area contributed by atoms with E-state index >= 15 is 0 Å². The standard InChI is InChI=1S/C24H32N2O3/c1-3-19-8-10-22(11-9-19)29-23(4-2)24(27)25-17-20-6-5-7-21(16-20)18-26-12-14-28-15-13-26/h5-11,16,23H,3-4,12-15,17-18H2,1-2H3,(H,25,27)/t23-/m1/s1. The Kier molecular flexibility index (Phi) is 8.08. The second-order valence-electron chi connectivity index (χ2n) is 7.44. The lowest BCUT2D eigenvalue weighted by atomic mass is 10.1. The van der Waals surface area contributed by atoms with Gasteiger partial charge in [0.15, 0.2) is 6.10 Å². The van der Waals surface area contributed by atoms with Crippen LogP contribution in [0.5, 0.6) is 5.75 Å². The molecule has 29 heavy (non-hydrogen) atoms. The minimum absolute atomic E-state index is 0.0781. The Hall–Kier alpha value is -2.37. The summed E-state index contributed by atoms with van der Waals surface area (Å²) in [5.41, 5.74) is 3.62. The quantitative estimate of drug-likeness (QED) is 0.704. The summed E-state index contributed by atoms with van der Waals surface area (Å²) in [4.78, 5) is 15.0. The fourth-order valence-corrected chi connectivity index (χ4v) is 3.45. The zero-order chi connectivity index (χ0) is 20.5. The van der Waals surface area contributed by atoms with Crippen molar-refractivity contribution in [2.24, 2.45) is 0 Å². The van der Waals surface area contributed by atoms with E-state index < -0.39 is 6.10 Å². The summed E-state index contributed by atoms with van der Waals surface area (Å²) in [5, 5.41) is 3.03. The van der Waals surface area contributed by atoms with Crippen molar-refractivity contribution >= 4 is 5.91 Å². The Bertz CT molecular complexity index is 770. The molecule has 1 saturated heterocycles. The molecule has 5 nitrogen and oxygen atoms in total. The molecular weight excluding hydrogens is 364 g/mol. The highest BCUT2D eigenvalue weighted by Crippen LogP contribution is 2.16. The molecule has 0 saturated carbocycles. The number of hydrogen-bond acceptors (Lipinski definition) is 4. The van der Waals surface area contributed by atoms with Gasteiger partial charge in [-0.3, -0.25) is 9.69 Å². The molecular formula is C24H32N2O3. The lowest BCUT2D eigenvalue weighted by Gasteiger charge is -2.26. The molecule has 1 fully saturated rings. The van der Waals surface area contributed by atoms with Crippen LogP contribution in [0.15, 0.2) is 48.5 Å². The fourth-order valence-electron chi connectivity index (χ4n) is 3.45. The predicted molar refractivity (Wildman–Crippen MR) is 115 cm³/mol. The molecule has 156 valence electrons. The highest BCUT2D eigenvalue weighted by Gasteiger charge is 2.18. The predicted octanol–water partition coefficient (Wildman–Crippen LogP) is 3.56. The number of benzene rings is 2. The Labute approximate surface area is 174 Å². The number of carbonyl (C=O) groups excluding carboxylic acids is 1. The van der Waals surface area contributed by atoms with Crippen molar-refractivity contribution in [1.82, 2.24) is 10.2 Å². The first-order valence-corrected chi connectivity index (χ1v) is 10.6. The minimum Gasteiger partial charge on any atom is -0.481 e. The molecule has 0 bridgehead atoms. The molecule has 1 N–H and O–H groups in total. The van der Waals surface area contributed by atoms with Gasteiger partial charge in [-0.15, -0.1) is 0 Å². The molecule has 1 atom stereocenters. The first kappa shape index (κ1) is 21.3. The zero-order valence-electron chi connectivity index (χ0n) is 17.5. The molecule has 0 radical (unpaired) electrons. The van der Waals surface area contributed by atoms with E-state index in [1.165, 1.54) is 11.1 Å². The molecule has 0 aromatic heterocycles. The summed E-state index contributed by atoms with van der Waals surface area (Å²) >= 11 is 0. The molecule has 1 heterocycles. The number of ether oxygens (including phenoxy) is 2. The van der Waals surface area contributed by atoms with E-state index in [-0.39, 0.29) is 5.91 Å². The van der Waals surface area contributed by atoms with Crippen molar-refractivity contribution in [3.8, 4) is 5.75 Å². The van der Waals surface area contributed by atoms with E-state index in [0.717, 1.165) is 50.6 Å². The summed E-state index contributed by atoms with van der Waals surface area (Å²) in [6.45, 7) is 9.04. The van der Waals surface area contributed by atoms with E-state index in [2.05, 4.69) is 35.3 Å². The summed E-state index contributed by atoms with van der Waals surface area (Å²) < 4.78 is 11.3. The summed E-state index contributed by atoms with van der Waals surface area (Å²) in [6.07, 6.45) is 1.13. The topological polar surface area (TPSA) is 50.8 Å². The molecule has 1 aliphatic heterocycles. The van der Waals surface area contributed by atoms with Crippen LogP contribution in [0.1, 0.15) is 37.0 Å². The average molecular weight is 397 g/mol. The van der Waals surface area contributed by atoms with E-state index in [1.54, 1.807) is 0 Å². The van der Waals surface area contributed by atoms with Crippen LogP contribution in [0.25, 0.3) is 0 Å². The van der Waals surface area contributed by atoms with Gasteiger partial charge in [0.2, 0.25) is 0 Å². The van der Waals surface area contributed by atoms with Crippen molar-refractivity contribution in [3.63, 3.8) is 0 Å². The third-order valence-electron chi connectivity index (χ3n) is 5.24. The Morgan fingerprint density at radius 3 is 2.48 bits per heavy atom. The molecule has 0 spiro atoms. The number of aryl methyl sites for hydroxylation is 1. The molecule has 0 aliphatic carbocycles. The molecule has 1 amide bonds. The van der Waals surface area contributed by atoms with Crippen LogP contribution in [0.3, 0.4) is 0 Å². The third-order valence-corrected chi connectivity index (χ3v) is 5.24. The Morgan fingerprint density at radius 2 is 1.79 bits per heavy atom. The Morgan fingerprint density at radius 1 is 1.07 bits per heavy atom. The van der Waals surface area contributed by atoms with Gasteiger partial charge in [-0.25, -0.2) is 0 Å². The van der Waals surface area contributed by atoms with Crippen molar-refractivity contribution in [2.75, 3.05) is 26.3 Å². The van der Waals surface area contributed by atoms with Gasteiger partial charge in [-0.2, -0.15) is 0 Å². The smallest absolute Gasteiger partial charge is 0.261 e. The number of carbonyl (C=O) groups is 1. The van der Waals surface area contributed by atoms with Gasteiger partial charge in [0.1, 0.15) is 5.75 Å². The maximum Gasteiger partial charge on any atom is 0.261 e. The van der Waals surface area contributed by atoms with Crippen LogP contribution in [0.2, 0.25) is 0 Å². The van der Waals surface area contributed by atoms with Crippen LogP contribution in [-0.4, -0.2) is 43.2 Å². The first-order chi connectivity index (χ1) is 14.2. The zero-order valence-corrected chi connectivity index (χ0v) is 17.5. The number of rotatable bonds is 9. The minimum atomic E-state index is -0.487. The highest BCUT2D eigenvalue weighted by atomic mass is 16.5. The number of morpholine rings is 1. The van der Waals surface area contributed by atoms with Crippen molar-refractivity contribution in [2.45, 2.75) is 45.9 Å². The van der Waals surface area contributed by atoms with Crippen LogP contribution in [0, 0.1) is 0 Å². The normalized spacial score (nSPS) is 15.7. The molecule has 0 unspecified atom stereocenters.